The van der Waals surface area contributed by atoms with Gasteiger partial charge in [0.2, 0.25) is 0 Å². The van der Waals surface area contributed by atoms with Crippen molar-refractivity contribution in [2.75, 3.05) is 6.61 Å². The van der Waals surface area contributed by atoms with Gasteiger partial charge in [-0.15, -0.1) is 0 Å². The quantitative estimate of drug-likeness (QED) is 0.140. The predicted octanol–water partition coefficient (Wildman–Crippen LogP) is 10.4. The van der Waals surface area contributed by atoms with Crippen LogP contribution >= 0.6 is 0 Å². The van der Waals surface area contributed by atoms with Crippen LogP contribution < -0.4 is 0 Å². The van der Waals surface area contributed by atoms with Crippen LogP contribution in [0.1, 0.15) is 102 Å². The molecule has 0 saturated carbocycles. The molecule has 0 fully saturated rings. The minimum atomic E-state index is -4.39. The number of pyridine rings is 1. The lowest BCUT2D eigenvalue weighted by atomic mass is 9.85. The maximum Gasteiger partial charge on any atom is 0.414 e. The molecule has 0 spiro atoms. The molecule has 0 aliphatic heterocycles. The zero-order valence-corrected chi connectivity index (χ0v) is 25.5. The molecule has 2 unspecified atom stereocenters. The number of halogens is 3. The highest BCUT2D eigenvalue weighted by molar-refractivity contribution is 5.83. The van der Waals surface area contributed by atoms with Gasteiger partial charge in [-0.25, -0.2) is 0 Å². The van der Waals surface area contributed by atoms with Crippen molar-refractivity contribution in [2.45, 2.75) is 109 Å². The highest BCUT2D eigenvalue weighted by Crippen LogP contribution is 2.37. The van der Waals surface area contributed by atoms with E-state index < -0.39 is 18.2 Å². The number of rotatable bonds is 19. The molecule has 0 aliphatic rings. The fourth-order valence-electron chi connectivity index (χ4n) is 5.40. The van der Waals surface area contributed by atoms with Gasteiger partial charge in [0.05, 0.1) is 0 Å². The maximum absolute atomic E-state index is 12.9. The van der Waals surface area contributed by atoms with Gasteiger partial charge in [-0.1, -0.05) is 93.6 Å². The number of carboxylic acids is 1. The number of ether oxygens (including phenoxy) is 1. The van der Waals surface area contributed by atoms with Crippen LogP contribution in [0.25, 0.3) is 22.3 Å². The van der Waals surface area contributed by atoms with Gasteiger partial charge < -0.3 is 9.84 Å². The Morgan fingerprint density at radius 2 is 1.58 bits per heavy atom. The largest absolute Gasteiger partial charge is 0.481 e. The topological polar surface area (TPSA) is 59.4 Å². The highest BCUT2D eigenvalue weighted by Gasteiger charge is 2.36. The van der Waals surface area contributed by atoms with Crippen LogP contribution in [-0.4, -0.2) is 34.9 Å². The number of hydrogen-bond donors (Lipinski definition) is 1. The highest BCUT2D eigenvalue weighted by atomic mass is 19.4. The van der Waals surface area contributed by atoms with Gasteiger partial charge in [-0.05, 0) is 79.7 Å². The summed E-state index contributed by atoms with van der Waals surface area (Å²) in [6.45, 7) is 3.24. The molecule has 0 aliphatic carbocycles. The molecule has 234 valence electrons. The Bertz CT molecular complexity index is 1230. The summed E-state index contributed by atoms with van der Waals surface area (Å²) in [5, 5.41) is 9.19. The number of alkyl halides is 3. The minimum absolute atomic E-state index is 0.00491. The van der Waals surface area contributed by atoms with E-state index >= 15 is 0 Å². The van der Waals surface area contributed by atoms with E-state index in [1.807, 2.05) is 24.4 Å². The predicted molar refractivity (Wildman–Crippen MR) is 167 cm³/mol. The van der Waals surface area contributed by atoms with E-state index in [0.717, 1.165) is 53.3 Å². The Hall–Kier alpha value is -3.19. The Balaban J connectivity index is 1.82. The second-order valence-electron chi connectivity index (χ2n) is 11.4. The first-order valence-electron chi connectivity index (χ1n) is 15.7. The number of benzene rings is 2. The number of carbonyl (C=O) groups is 1. The number of hydrogen-bond acceptors (Lipinski definition) is 3. The van der Waals surface area contributed by atoms with E-state index in [1.54, 1.807) is 0 Å². The molecule has 7 heteroatoms. The van der Waals surface area contributed by atoms with E-state index in [0.29, 0.717) is 25.7 Å². The molecule has 0 radical (unpaired) electrons. The van der Waals surface area contributed by atoms with E-state index in [1.165, 1.54) is 32.1 Å². The lowest BCUT2D eigenvalue weighted by Gasteiger charge is -2.21. The van der Waals surface area contributed by atoms with Crippen molar-refractivity contribution in [3.8, 4) is 22.3 Å². The van der Waals surface area contributed by atoms with Crippen LogP contribution in [0.4, 0.5) is 13.2 Å². The summed E-state index contributed by atoms with van der Waals surface area (Å²) in [5.41, 5.74) is 6.31. The van der Waals surface area contributed by atoms with Crippen LogP contribution in [0.5, 0.6) is 0 Å². The monoisotopic (exact) mass is 597 g/mol. The van der Waals surface area contributed by atoms with Crippen molar-refractivity contribution in [3.05, 3.63) is 78.1 Å². The van der Waals surface area contributed by atoms with Crippen molar-refractivity contribution >= 4 is 5.97 Å². The van der Waals surface area contributed by atoms with Crippen LogP contribution in [0.3, 0.4) is 0 Å². The molecule has 1 heterocycles. The van der Waals surface area contributed by atoms with Gasteiger partial charge in [-0.3, -0.25) is 9.78 Å². The average Bonchev–Trinajstić information content (AvgIpc) is 3.00. The first-order valence-corrected chi connectivity index (χ1v) is 15.7. The molecule has 4 nitrogen and oxygen atoms in total. The molecule has 3 rings (SSSR count). The van der Waals surface area contributed by atoms with Crippen molar-refractivity contribution in [1.82, 2.24) is 4.98 Å². The summed E-state index contributed by atoms with van der Waals surface area (Å²) in [4.78, 5) is 16.0. The second kappa shape index (κ2) is 17.8. The fraction of sp³-hybridized carbons (Fsp3) is 0.500. The van der Waals surface area contributed by atoms with E-state index in [-0.39, 0.29) is 18.9 Å². The number of nitrogens with zero attached hydrogens (tertiary/aromatic N) is 1. The van der Waals surface area contributed by atoms with Gasteiger partial charge in [0.15, 0.2) is 6.10 Å². The molecule has 2 aromatic carbocycles. The Morgan fingerprint density at radius 3 is 2.26 bits per heavy atom. The zero-order chi connectivity index (χ0) is 31.1. The summed E-state index contributed by atoms with van der Waals surface area (Å²) >= 11 is 0. The summed E-state index contributed by atoms with van der Waals surface area (Å²) in [6, 6.07) is 20.7. The van der Waals surface area contributed by atoms with Crippen LogP contribution in [-0.2, 0) is 16.0 Å². The number of aryl methyl sites for hydroxylation is 1. The molecular weight excluding hydrogens is 551 g/mol. The Labute approximate surface area is 254 Å². The smallest absolute Gasteiger partial charge is 0.414 e. The normalized spacial score (nSPS) is 13.1. The lowest BCUT2D eigenvalue weighted by molar-refractivity contribution is -0.214. The van der Waals surface area contributed by atoms with Crippen LogP contribution in [0.15, 0.2) is 66.9 Å². The molecule has 43 heavy (non-hydrogen) atoms. The summed E-state index contributed by atoms with van der Waals surface area (Å²) in [7, 11) is 0. The van der Waals surface area contributed by atoms with Gasteiger partial charge in [0.25, 0.3) is 0 Å². The molecule has 0 saturated heterocycles. The Kier molecular flexibility index (Phi) is 14.2. The first kappa shape index (κ1) is 34.3. The van der Waals surface area contributed by atoms with E-state index in [2.05, 4.69) is 49.4 Å². The zero-order valence-electron chi connectivity index (χ0n) is 25.5. The summed E-state index contributed by atoms with van der Waals surface area (Å²) in [5.74, 6) is -0.860. The van der Waals surface area contributed by atoms with Crippen molar-refractivity contribution in [3.63, 3.8) is 0 Å². The second-order valence-corrected chi connectivity index (χ2v) is 11.4. The SMILES string of the molecule is CCCCCCCCc1ccc(-c2cc(C(CCCOC(C)C(F)(F)F)CCCC(=O)O)ccc2-c2ccccc2)cn1. The number of aromatic nitrogens is 1. The first-order chi connectivity index (χ1) is 20.7. The molecule has 0 bridgehead atoms. The van der Waals surface area contributed by atoms with E-state index in [9.17, 15) is 23.1 Å². The minimum Gasteiger partial charge on any atom is -0.481 e. The maximum atomic E-state index is 12.9. The molecular formula is C36H46F3NO3. The van der Waals surface area contributed by atoms with Crippen LogP contribution in [0, 0.1) is 0 Å². The third-order valence-electron chi connectivity index (χ3n) is 7.99. The van der Waals surface area contributed by atoms with Crippen LogP contribution in [0.2, 0.25) is 0 Å². The van der Waals surface area contributed by atoms with Crippen molar-refractivity contribution < 1.29 is 27.8 Å². The van der Waals surface area contributed by atoms with Gasteiger partial charge in [0.1, 0.15) is 0 Å². The van der Waals surface area contributed by atoms with Gasteiger partial charge >= 0.3 is 12.1 Å². The van der Waals surface area contributed by atoms with Crippen molar-refractivity contribution in [1.29, 1.82) is 0 Å². The summed E-state index contributed by atoms with van der Waals surface area (Å²) < 4.78 is 43.7. The molecule has 2 atom stereocenters. The number of aliphatic carboxylic acids is 1. The summed E-state index contributed by atoms with van der Waals surface area (Å²) in [6.07, 6.45) is 6.34. The standard InChI is InChI=1S/C36H46F3NO3/c1-3-4-5-6-7-11-18-32-22-20-31(26-40-32)34-25-30(21-23-33(34)29-14-9-8-10-15-29)28(16-12-19-35(41)42)17-13-24-43-27(2)36(37,38)39/h8-10,14-15,20-23,25-28H,3-7,11-13,16-19,24H2,1-2H3,(H,41,42). The third kappa shape index (κ3) is 11.8. The Morgan fingerprint density at radius 1 is 0.860 bits per heavy atom. The average molecular weight is 598 g/mol. The van der Waals surface area contributed by atoms with E-state index in [4.69, 9.17) is 9.72 Å². The fourth-order valence-corrected chi connectivity index (χ4v) is 5.40. The lowest BCUT2D eigenvalue weighted by Crippen LogP contribution is -2.28. The van der Waals surface area contributed by atoms with Gasteiger partial charge in [0, 0.05) is 30.5 Å². The molecule has 1 N–H and O–H groups in total. The number of carboxylic acid groups (broad SMARTS) is 1. The number of unbranched alkanes of at least 4 members (excludes halogenated alkanes) is 5. The van der Waals surface area contributed by atoms with Crippen molar-refractivity contribution in [2.24, 2.45) is 0 Å². The molecule has 1 aromatic heterocycles. The molecule has 3 aromatic rings. The van der Waals surface area contributed by atoms with Gasteiger partial charge in [-0.2, -0.15) is 13.2 Å². The third-order valence-corrected chi connectivity index (χ3v) is 7.99. The molecule has 0 amide bonds.